The van der Waals surface area contributed by atoms with Crippen LogP contribution < -0.4 is 0 Å². The molecule has 20 heavy (non-hydrogen) atoms. The molecule has 0 aliphatic rings. The minimum absolute atomic E-state index is 0.115. The smallest absolute Gasteiger partial charge is 0.194 e. The van der Waals surface area contributed by atoms with Crippen LogP contribution in [-0.4, -0.2) is 10.9 Å². The molecule has 0 radical (unpaired) electrons. The standard InChI is InChI=1S/C14H10ClF3OS/c15-8-1-3-9(4-2-8)20-7-12(19)10-5-6-11(16)14(18)13(10)17/h1-6,12,19H,7H2. The van der Waals surface area contributed by atoms with Crippen molar-refractivity contribution in [1.29, 1.82) is 0 Å². The van der Waals surface area contributed by atoms with Gasteiger partial charge in [-0.25, -0.2) is 13.2 Å². The minimum atomic E-state index is -1.57. The Balaban J connectivity index is 2.07. The second-order valence-corrected chi connectivity index (χ2v) is 5.58. The monoisotopic (exact) mass is 318 g/mol. The lowest BCUT2D eigenvalue weighted by Gasteiger charge is -2.12. The Morgan fingerprint density at radius 2 is 1.65 bits per heavy atom. The molecule has 0 aromatic heterocycles. The third-order valence-corrected chi connectivity index (χ3v) is 3.99. The second-order valence-electron chi connectivity index (χ2n) is 4.05. The van der Waals surface area contributed by atoms with E-state index >= 15 is 0 Å². The molecule has 2 aromatic carbocycles. The van der Waals surface area contributed by atoms with Crippen molar-refractivity contribution in [2.75, 3.05) is 5.75 Å². The van der Waals surface area contributed by atoms with Crippen LogP contribution in [-0.2, 0) is 0 Å². The van der Waals surface area contributed by atoms with Crippen LogP contribution in [0.3, 0.4) is 0 Å². The van der Waals surface area contributed by atoms with Gasteiger partial charge in [0.1, 0.15) is 0 Å². The van der Waals surface area contributed by atoms with Crippen LogP contribution >= 0.6 is 23.4 Å². The molecule has 0 bridgehead atoms. The number of halogens is 4. The van der Waals surface area contributed by atoms with Gasteiger partial charge in [0, 0.05) is 21.2 Å². The normalized spacial score (nSPS) is 12.4. The van der Waals surface area contributed by atoms with Crippen LogP contribution in [0.25, 0.3) is 0 Å². The molecule has 106 valence electrons. The lowest BCUT2D eigenvalue weighted by molar-refractivity contribution is 0.197. The van der Waals surface area contributed by atoms with Crippen molar-refractivity contribution in [3.8, 4) is 0 Å². The van der Waals surface area contributed by atoms with Crippen LogP contribution in [0.15, 0.2) is 41.3 Å². The summed E-state index contributed by atoms with van der Waals surface area (Å²) in [6.07, 6.45) is -1.23. The van der Waals surface area contributed by atoms with E-state index in [1.807, 2.05) is 0 Å². The summed E-state index contributed by atoms with van der Waals surface area (Å²) in [6.45, 7) is 0. The molecule has 1 N–H and O–H groups in total. The van der Waals surface area contributed by atoms with Crippen LogP contribution in [0, 0.1) is 17.5 Å². The van der Waals surface area contributed by atoms with E-state index in [2.05, 4.69) is 0 Å². The fourth-order valence-corrected chi connectivity index (χ4v) is 2.58. The van der Waals surface area contributed by atoms with Gasteiger partial charge >= 0.3 is 0 Å². The number of thioether (sulfide) groups is 1. The van der Waals surface area contributed by atoms with Gasteiger partial charge in [-0.2, -0.15) is 0 Å². The Kier molecular flexibility index (Phi) is 4.96. The van der Waals surface area contributed by atoms with Crippen molar-refractivity contribution in [2.24, 2.45) is 0 Å². The molecule has 0 heterocycles. The van der Waals surface area contributed by atoms with Crippen molar-refractivity contribution in [3.63, 3.8) is 0 Å². The van der Waals surface area contributed by atoms with Crippen molar-refractivity contribution < 1.29 is 18.3 Å². The van der Waals surface area contributed by atoms with Gasteiger partial charge in [-0.15, -0.1) is 11.8 Å². The van der Waals surface area contributed by atoms with E-state index < -0.39 is 23.6 Å². The van der Waals surface area contributed by atoms with Crippen LogP contribution in [0.2, 0.25) is 5.02 Å². The largest absolute Gasteiger partial charge is 0.387 e. The number of hydrogen-bond donors (Lipinski definition) is 1. The summed E-state index contributed by atoms with van der Waals surface area (Å²) >= 11 is 7.00. The Morgan fingerprint density at radius 1 is 1.00 bits per heavy atom. The molecule has 2 rings (SSSR count). The number of rotatable bonds is 4. The van der Waals surface area contributed by atoms with Crippen LogP contribution in [0.1, 0.15) is 11.7 Å². The molecule has 0 spiro atoms. The Morgan fingerprint density at radius 3 is 2.30 bits per heavy atom. The second kappa shape index (κ2) is 6.52. The van der Waals surface area contributed by atoms with Crippen LogP contribution in [0.4, 0.5) is 13.2 Å². The molecule has 6 heteroatoms. The van der Waals surface area contributed by atoms with Gasteiger partial charge < -0.3 is 5.11 Å². The number of hydrogen-bond acceptors (Lipinski definition) is 2. The van der Waals surface area contributed by atoms with Crippen molar-refractivity contribution in [2.45, 2.75) is 11.0 Å². The highest BCUT2D eigenvalue weighted by Crippen LogP contribution is 2.28. The highest BCUT2D eigenvalue weighted by Gasteiger charge is 2.19. The first-order valence-corrected chi connectivity index (χ1v) is 7.05. The van der Waals surface area contributed by atoms with Gasteiger partial charge in [-0.05, 0) is 30.3 Å². The molecular weight excluding hydrogens is 309 g/mol. The quantitative estimate of drug-likeness (QED) is 0.657. The van der Waals surface area contributed by atoms with E-state index in [0.717, 1.165) is 17.0 Å². The van der Waals surface area contributed by atoms with Crippen LogP contribution in [0.5, 0.6) is 0 Å². The molecule has 0 aliphatic carbocycles. The first-order chi connectivity index (χ1) is 9.49. The highest BCUT2D eigenvalue weighted by atomic mass is 35.5. The van der Waals surface area contributed by atoms with Gasteiger partial charge in [0.15, 0.2) is 17.5 Å². The molecule has 0 aliphatic heterocycles. The summed E-state index contributed by atoms with van der Waals surface area (Å²) in [5.41, 5.74) is -0.259. The summed E-state index contributed by atoms with van der Waals surface area (Å²) in [4.78, 5) is 0.830. The first kappa shape index (κ1) is 15.2. The first-order valence-electron chi connectivity index (χ1n) is 5.69. The van der Waals surface area contributed by atoms with Gasteiger partial charge in [0.25, 0.3) is 0 Å². The number of aliphatic hydroxyl groups excluding tert-OH is 1. The maximum Gasteiger partial charge on any atom is 0.194 e. The molecule has 1 nitrogen and oxygen atoms in total. The summed E-state index contributed by atoms with van der Waals surface area (Å²) in [5, 5.41) is 10.4. The number of benzene rings is 2. The van der Waals surface area contributed by atoms with Crippen molar-refractivity contribution >= 4 is 23.4 Å². The van der Waals surface area contributed by atoms with Gasteiger partial charge in [0.05, 0.1) is 6.10 Å². The van der Waals surface area contributed by atoms with Crippen molar-refractivity contribution in [1.82, 2.24) is 0 Å². The Bertz CT molecular complexity index is 604. The predicted molar refractivity (Wildman–Crippen MR) is 73.5 cm³/mol. The topological polar surface area (TPSA) is 20.2 Å². The van der Waals surface area contributed by atoms with E-state index in [9.17, 15) is 18.3 Å². The minimum Gasteiger partial charge on any atom is -0.387 e. The maximum absolute atomic E-state index is 13.5. The molecule has 2 aromatic rings. The molecule has 0 saturated carbocycles. The van der Waals surface area contributed by atoms with E-state index in [1.54, 1.807) is 24.3 Å². The summed E-state index contributed by atoms with van der Waals surface area (Å²) in [7, 11) is 0. The lowest BCUT2D eigenvalue weighted by Crippen LogP contribution is -2.06. The van der Waals surface area contributed by atoms with Gasteiger partial charge in [-0.3, -0.25) is 0 Å². The van der Waals surface area contributed by atoms with Gasteiger partial charge in [0.2, 0.25) is 0 Å². The van der Waals surface area contributed by atoms with E-state index in [1.165, 1.54) is 11.8 Å². The fraction of sp³-hybridized carbons (Fsp3) is 0.143. The molecule has 1 atom stereocenters. The van der Waals surface area contributed by atoms with E-state index in [-0.39, 0.29) is 11.3 Å². The highest BCUT2D eigenvalue weighted by molar-refractivity contribution is 7.99. The Labute approximate surface area is 123 Å². The van der Waals surface area contributed by atoms with Gasteiger partial charge in [-0.1, -0.05) is 17.7 Å². The molecule has 1 unspecified atom stereocenters. The lowest BCUT2D eigenvalue weighted by atomic mass is 10.1. The molecular formula is C14H10ClF3OS. The molecule has 0 fully saturated rings. The SMILES string of the molecule is OC(CSc1ccc(Cl)cc1)c1ccc(F)c(F)c1F. The average molecular weight is 319 g/mol. The third-order valence-electron chi connectivity index (χ3n) is 2.65. The summed E-state index contributed by atoms with van der Waals surface area (Å²) in [5.74, 6) is -4.08. The maximum atomic E-state index is 13.5. The Hall–Kier alpha value is -1.17. The molecule has 0 saturated heterocycles. The zero-order chi connectivity index (χ0) is 14.7. The zero-order valence-electron chi connectivity index (χ0n) is 10.1. The fourth-order valence-electron chi connectivity index (χ4n) is 1.59. The number of aliphatic hydroxyl groups is 1. The summed E-state index contributed by atoms with van der Waals surface area (Å²) in [6, 6.07) is 8.72. The predicted octanol–water partition coefficient (Wildman–Crippen LogP) is 4.58. The van der Waals surface area contributed by atoms with Crippen molar-refractivity contribution in [3.05, 3.63) is 64.4 Å². The van der Waals surface area contributed by atoms with E-state index in [0.29, 0.717) is 5.02 Å². The summed E-state index contributed by atoms with van der Waals surface area (Å²) < 4.78 is 39.4. The third kappa shape index (κ3) is 3.48. The average Bonchev–Trinajstić information content (AvgIpc) is 2.44. The zero-order valence-corrected chi connectivity index (χ0v) is 11.7. The van der Waals surface area contributed by atoms with E-state index in [4.69, 9.17) is 11.6 Å². The molecule has 0 amide bonds.